The van der Waals surface area contributed by atoms with Crippen molar-refractivity contribution in [2.75, 3.05) is 6.61 Å². The van der Waals surface area contributed by atoms with Crippen LogP contribution in [0.3, 0.4) is 0 Å². The molecule has 0 unspecified atom stereocenters. The number of ether oxygens (including phenoxy) is 1. The molecule has 0 saturated heterocycles. The van der Waals surface area contributed by atoms with Gasteiger partial charge in [0.2, 0.25) is 0 Å². The van der Waals surface area contributed by atoms with Gasteiger partial charge in [0, 0.05) is 20.6 Å². The van der Waals surface area contributed by atoms with Crippen molar-refractivity contribution >= 4 is 10.9 Å². The minimum atomic E-state index is -0.459. The van der Waals surface area contributed by atoms with Crippen LogP contribution >= 0.6 is 0 Å². The summed E-state index contributed by atoms with van der Waals surface area (Å²) in [4.78, 5) is 26.1. The number of nitriles is 1. The van der Waals surface area contributed by atoms with E-state index < -0.39 is 6.10 Å². The molecule has 2 aromatic carbocycles. The zero-order chi connectivity index (χ0) is 21.7. The van der Waals surface area contributed by atoms with Gasteiger partial charge in [0.1, 0.15) is 6.10 Å². The van der Waals surface area contributed by atoms with E-state index >= 15 is 0 Å². The SMILES string of the molecule is Cn1c(=O)c2c(-c3ccccc3)n3c(c2n(C)c1=O)[C@@H](c1ccc(C#N)cc1)OCC3. The molecule has 0 aliphatic carbocycles. The third-order valence-corrected chi connectivity index (χ3v) is 5.94. The maximum atomic E-state index is 13.3. The predicted molar refractivity (Wildman–Crippen MR) is 117 cm³/mol. The highest BCUT2D eigenvalue weighted by Crippen LogP contribution is 2.40. The smallest absolute Gasteiger partial charge is 0.331 e. The van der Waals surface area contributed by atoms with Crippen LogP contribution in [0.1, 0.15) is 22.9 Å². The van der Waals surface area contributed by atoms with E-state index in [-0.39, 0.29) is 11.2 Å². The number of fused-ring (bicyclic) bond motifs is 3. The van der Waals surface area contributed by atoms with E-state index in [1.807, 2.05) is 42.5 Å². The zero-order valence-corrected chi connectivity index (χ0v) is 17.2. The monoisotopic (exact) mass is 412 g/mol. The lowest BCUT2D eigenvalue weighted by atomic mass is 10.0. The van der Waals surface area contributed by atoms with Gasteiger partial charge in [-0.2, -0.15) is 5.26 Å². The van der Waals surface area contributed by atoms with Crippen LogP contribution < -0.4 is 11.2 Å². The van der Waals surface area contributed by atoms with Crippen molar-refractivity contribution in [1.82, 2.24) is 13.7 Å². The van der Waals surface area contributed by atoms with Gasteiger partial charge in [0.15, 0.2) is 0 Å². The maximum absolute atomic E-state index is 13.3. The van der Waals surface area contributed by atoms with E-state index in [1.54, 1.807) is 19.2 Å². The topological polar surface area (TPSA) is 82.0 Å². The largest absolute Gasteiger partial charge is 0.365 e. The molecular weight excluding hydrogens is 392 g/mol. The first kappa shape index (κ1) is 19.1. The first-order chi connectivity index (χ1) is 15.0. The Bertz CT molecular complexity index is 1470. The molecule has 2 aromatic heterocycles. The van der Waals surface area contributed by atoms with Crippen LogP contribution in [0, 0.1) is 11.3 Å². The Kier molecular flexibility index (Phi) is 4.38. The molecule has 154 valence electrons. The highest BCUT2D eigenvalue weighted by molar-refractivity contribution is 5.96. The van der Waals surface area contributed by atoms with Crippen molar-refractivity contribution < 1.29 is 4.74 Å². The van der Waals surface area contributed by atoms with Crippen molar-refractivity contribution in [1.29, 1.82) is 5.26 Å². The van der Waals surface area contributed by atoms with Gasteiger partial charge in [-0.25, -0.2) is 4.79 Å². The van der Waals surface area contributed by atoms with E-state index in [4.69, 9.17) is 10.00 Å². The number of aromatic nitrogens is 3. The molecule has 3 heterocycles. The molecule has 7 nitrogen and oxygen atoms in total. The minimum absolute atomic E-state index is 0.322. The van der Waals surface area contributed by atoms with Gasteiger partial charge < -0.3 is 9.30 Å². The van der Waals surface area contributed by atoms with Crippen LogP contribution in [-0.4, -0.2) is 20.3 Å². The number of hydrogen-bond donors (Lipinski definition) is 0. The number of benzene rings is 2. The van der Waals surface area contributed by atoms with Crippen LogP contribution in [-0.2, 0) is 25.4 Å². The molecule has 1 aliphatic heterocycles. The van der Waals surface area contributed by atoms with Crippen molar-refractivity contribution in [3.8, 4) is 17.3 Å². The first-order valence-electron chi connectivity index (χ1n) is 10.0. The number of hydrogen-bond acceptors (Lipinski definition) is 4. The lowest BCUT2D eigenvalue weighted by molar-refractivity contribution is 0.0478. The molecule has 7 heteroatoms. The van der Waals surface area contributed by atoms with Gasteiger partial charge in [0.25, 0.3) is 5.56 Å². The average Bonchev–Trinajstić information content (AvgIpc) is 3.17. The fraction of sp³-hybridized carbons (Fsp3) is 0.208. The molecule has 0 fully saturated rings. The Hall–Kier alpha value is -3.89. The standard InChI is InChI=1S/C24H20N4O3/c1-26-20-18(23(29)27(2)24(26)30)19(16-6-4-3-5-7-16)28-12-13-31-22(21(20)28)17-10-8-15(14-25)9-11-17/h3-11,22H,12-13H2,1-2H3/t22-/m1/s1. The summed E-state index contributed by atoms with van der Waals surface area (Å²) in [7, 11) is 3.19. The van der Waals surface area contributed by atoms with Crippen LogP contribution in [0.2, 0.25) is 0 Å². The van der Waals surface area contributed by atoms with E-state index in [2.05, 4.69) is 10.6 Å². The van der Waals surface area contributed by atoms with E-state index in [1.165, 1.54) is 11.6 Å². The van der Waals surface area contributed by atoms with Crippen LogP contribution in [0.15, 0.2) is 64.2 Å². The Morgan fingerprint density at radius 2 is 1.71 bits per heavy atom. The van der Waals surface area contributed by atoms with Gasteiger partial charge in [-0.3, -0.25) is 13.9 Å². The lowest BCUT2D eigenvalue weighted by Crippen LogP contribution is -2.37. The molecule has 1 atom stereocenters. The van der Waals surface area contributed by atoms with Gasteiger partial charge in [-0.15, -0.1) is 0 Å². The van der Waals surface area contributed by atoms with Crippen LogP contribution in [0.4, 0.5) is 0 Å². The number of aryl methyl sites for hydroxylation is 1. The Morgan fingerprint density at radius 3 is 2.39 bits per heavy atom. The normalized spacial score (nSPS) is 15.6. The van der Waals surface area contributed by atoms with Crippen molar-refractivity contribution in [2.45, 2.75) is 12.6 Å². The summed E-state index contributed by atoms with van der Waals surface area (Å²) in [5.41, 5.74) is 3.80. The number of rotatable bonds is 2. The quantitative estimate of drug-likeness (QED) is 0.507. The first-order valence-corrected chi connectivity index (χ1v) is 10.0. The molecule has 0 bridgehead atoms. The van der Waals surface area contributed by atoms with Crippen molar-refractivity contribution in [3.05, 3.63) is 92.3 Å². The fourth-order valence-corrected chi connectivity index (χ4v) is 4.46. The molecular formula is C24H20N4O3. The molecule has 0 saturated carbocycles. The van der Waals surface area contributed by atoms with E-state index in [0.29, 0.717) is 29.6 Å². The van der Waals surface area contributed by atoms with E-state index in [9.17, 15) is 9.59 Å². The van der Waals surface area contributed by atoms with Crippen LogP contribution in [0.5, 0.6) is 0 Å². The summed E-state index contributed by atoms with van der Waals surface area (Å²) in [5, 5.41) is 9.64. The molecule has 5 rings (SSSR count). The third-order valence-electron chi connectivity index (χ3n) is 5.94. The Morgan fingerprint density at radius 1 is 1.00 bits per heavy atom. The Labute approximate surface area is 178 Å². The predicted octanol–water partition coefficient (Wildman–Crippen LogP) is 2.70. The second-order valence-electron chi connectivity index (χ2n) is 7.67. The zero-order valence-electron chi connectivity index (χ0n) is 17.2. The maximum Gasteiger partial charge on any atom is 0.331 e. The fourth-order valence-electron chi connectivity index (χ4n) is 4.46. The molecule has 0 spiro atoms. The lowest BCUT2D eigenvalue weighted by Gasteiger charge is -2.27. The van der Waals surface area contributed by atoms with Gasteiger partial charge >= 0.3 is 5.69 Å². The molecule has 1 aliphatic rings. The highest BCUT2D eigenvalue weighted by atomic mass is 16.5. The van der Waals surface area contributed by atoms with Crippen molar-refractivity contribution in [2.24, 2.45) is 14.1 Å². The second-order valence-corrected chi connectivity index (χ2v) is 7.67. The molecule has 0 amide bonds. The Balaban J connectivity index is 1.91. The summed E-state index contributed by atoms with van der Waals surface area (Å²) in [6.45, 7) is 1.03. The third kappa shape index (κ3) is 2.76. The molecule has 4 aromatic rings. The summed E-state index contributed by atoms with van der Waals surface area (Å²) < 4.78 is 10.9. The van der Waals surface area contributed by atoms with Crippen molar-refractivity contribution in [3.63, 3.8) is 0 Å². The molecule has 0 radical (unpaired) electrons. The van der Waals surface area contributed by atoms with Gasteiger partial charge in [-0.1, -0.05) is 42.5 Å². The van der Waals surface area contributed by atoms with Crippen LogP contribution in [0.25, 0.3) is 22.2 Å². The van der Waals surface area contributed by atoms with Gasteiger partial charge in [0.05, 0.1) is 40.5 Å². The second kappa shape index (κ2) is 7.11. The summed E-state index contributed by atoms with van der Waals surface area (Å²) >= 11 is 0. The molecule has 0 N–H and O–H groups in total. The highest BCUT2D eigenvalue weighted by Gasteiger charge is 2.32. The summed E-state index contributed by atoms with van der Waals surface area (Å²) in [5.74, 6) is 0. The van der Waals surface area contributed by atoms with E-state index in [0.717, 1.165) is 27.1 Å². The minimum Gasteiger partial charge on any atom is -0.365 e. The summed E-state index contributed by atoms with van der Waals surface area (Å²) in [6.07, 6.45) is -0.459. The van der Waals surface area contributed by atoms with Gasteiger partial charge in [-0.05, 0) is 23.3 Å². The average molecular weight is 412 g/mol. The summed E-state index contributed by atoms with van der Waals surface area (Å²) in [6, 6.07) is 19.1. The molecule has 31 heavy (non-hydrogen) atoms. The number of nitrogens with zero attached hydrogens (tertiary/aromatic N) is 4.